The van der Waals surface area contributed by atoms with Gasteiger partial charge in [0.1, 0.15) is 19.3 Å². The molecular formula is C9H12O3S. The molecule has 0 unspecified atom stereocenters. The normalized spacial score (nSPS) is 17.2. The van der Waals surface area contributed by atoms with Crippen LogP contribution in [0.25, 0.3) is 0 Å². The Morgan fingerprint density at radius 1 is 1.15 bits per heavy atom. The Hall–Kier alpha value is -0.740. The zero-order valence-electron chi connectivity index (χ0n) is 7.66. The van der Waals surface area contributed by atoms with Gasteiger partial charge in [0.05, 0.1) is 0 Å². The van der Waals surface area contributed by atoms with Gasteiger partial charge < -0.3 is 14.6 Å². The summed E-state index contributed by atoms with van der Waals surface area (Å²) in [5.41, 5.74) is 0. The van der Waals surface area contributed by atoms with E-state index in [-0.39, 0.29) is 0 Å². The first-order valence-electron chi connectivity index (χ1n) is 4.22. The maximum Gasteiger partial charge on any atom is 0.175 e. The fourth-order valence-electron chi connectivity index (χ4n) is 1.38. The van der Waals surface area contributed by atoms with Crippen molar-refractivity contribution in [2.75, 3.05) is 13.2 Å². The molecule has 0 radical (unpaired) electrons. The number of aliphatic hydroxyl groups is 1. The quantitative estimate of drug-likeness (QED) is 0.689. The molecule has 1 aliphatic heterocycles. The van der Waals surface area contributed by atoms with E-state index in [1.54, 1.807) is 11.3 Å². The van der Waals surface area contributed by atoms with Crippen molar-refractivity contribution in [2.45, 2.75) is 20.0 Å². The summed E-state index contributed by atoms with van der Waals surface area (Å²) in [6, 6.07) is 0. The van der Waals surface area contributed by atoms with Gasteiger partial charge in [0.15, 0.2) is 11.5 Å². The van der Waals surface area contributed by atoms with Crippen LogP contribution in [-0.2, 0) is 0 Å². The molecule has 0 fully saturated rings. The van der Waals surface area contributed by atoms with E-state index in [0.717, 1.165) is 21.3 Å². The second-order valence-corrected chi connectivity index (χ2v) is 4.58. The summed E-state index contributed by atoms with van der Waals surface area (Å²) in [7, 11) is 0. The highest BCUT2D eigenvalue weighted by Crippen LogP contribution is 2.42. The molecule has 0 saturated carbocycles. The second kappa shape index (κ2) is 3.20. The Balaban J connectivity index is 2.36. The average molecular weight is 200 g/mol. The molecule has 1 N–H and O–H groups in total. The van der Waals surface area contributed by atoms with Gasteiger partial charge in [-0.25, -0.2) is 0 Å². The minimum Gasteiger partial charge on any atom is -0.486 e. The van der Waals surface area contributed by atoms with E-state index in [2.05, 4.69) is 0 Å². The lowest BCUT2D eigenvalue weighted by atomic mass is 10.4. The molecule has 0 saturated heterocycles. The second-order valence-electron chi connectivity index (χ2n) is 3.15. The van der Waals surface area contributed by atoms with E-state index in [1.165, 1.54) is 0 Å². The number of hydrogen-bond donors (Lipinski definition) is 1. The molecule has 1 aromatic heterocycles. The lowest BCUT2D eigenvalue weighted by molar-refractivity contribution is 0.0799. The van der Waals surface area contributed by atoms with Crippen LogP contribution < -0.4 is 9.47 Å². The molecule has 0 atom stereocenters. The average Bonchev–Trinajstić information content (AvgIpc) is 2.27. The molecule has 0 spiro atoms. The van der Waals surface area contributed by atoms with Crippen LogP contribution in [0, 0.1) is 13.8 Å². The van der Waals surface area contributed by atoms with Crippen LogP contribution in [0.3, 0.4) is 0 Å². The molecule has 4 heteroatoms. The van der Waals surface area contributed by atoms with Crippen molar-refractivity contribution in [3.63, 3.8) is 0 Å². The van der Waals surface area contributed by atoms with E-state index in [1.807, 2.05) is 13.8 Å². The van der Waals surface area contributed by atoms with Gasteiger partial charge in [-0.3, -0.25) is 0 Å². The minimum atomic E-state index is -0.517. The van der Waals surface area contributed by atoms with Gasteiger partial charge in [-0.05, 0) is 13.8 Å². The molecule has 3 nitrogen and oxygen atoms in total. The fourth-order valence-corrected chi connectivity index (χ4v) is 2.33. The molecule has 0 bridgehead atoms. The molecule has 0 aliphatic carbocycles. The summed E-state index contributed by atoms with van der Waals surface area (Å²) in [6.07, 6.45) is -0.517. The summed E-state index contributed by atoms with van der Waals surface area (Å²) in [6.45, 7) is 4.64. The van der Waals surface area contributed by atoms with Crippen molar-refractivity contribution < 1.29 is 14.6 Å². The van der Waals surface area contributed by atoms with Gasteiger partial charge in [-0.2, -0.15) is 0 Å². The largest absolute Gasteiger partial charge is 0.486 e. The van der Waals surface area contributed by atoms with E-state index >= 15 is 0 Å². The monoisotopic (exact) mass is 200 g/mol. The third-order valence-electron chi connectivity index (χ3n) is 1.99. The highest BCUT2D eigenvalue weighted by atomic mass is 32.1. The SMILES string of the molecule is Cc1sc(C)c2c1OCC(O)CO2. The summed E-state index contributed by atoms with van der Waals surface area (Å²) >= 11 is 1.66. The Kier molecular flexibility index (Phi) is 2.17. The molecule has 0 amide bonds. The first-order valence-corrected chi connectivity index (χ1v) is 5.04. The van der Waals surface area contributed by atoms with Crippen molar-refractivity contribution in [3.8, 4) is 11.5 Å². The number of thiophene rings is 1. The first-order chi connectivity index (χ1) is 6.18. The Labute approximate surface area is 80.9 Å². The highest BCUT2D eigenvalue weighted by molar-refractivity contribution is 7.12. The van der Waals surface area contributed by atoms with Crippen LogP contribution in [0.15, 0.2) is 0 Å². The summed E-state index contributed by atoms with van der Waals surface area (Å²) in [4.78, 5) is 2.23. The van der Waals surface area contributed by atoms with Gasteiger partial charge >= 0.3 is 0 Å². The maximum absolute atomic E-state index is 9.31. The van der Waals surface area contributed by atoms with Crippen LogP contribution in [0.2, 0.25) is 0 Å². The molecule has 72 valence electrons. The van der Waals surface area contributed by atoms with Crippen LogP contribution >= 0.6 is 11.3 Å². The Morgan fingerprint density at radius 2 is 1.62 bits per heavy atom. The molecule has 1 aliphatic rings. The molecule has 0 aromatic carbocycles. The Morgan fingerprint density at radius 3 is 2.08 bits per heavy atom. The van der Waals surface area contributed by atoms with Crippen molar-refractivity contribution in [2.24, 2.45) is 0 Å². The van der Waals surface area contributed by atoms with Gasteiger partial charge in [-0.1, -0.05) is 0 Å². The third kappa shape index (κ3) is 1.51. The molecule has 2 heterocycles. The number of aryl methyl sites for hydroxylation is 2. The lowest BCUT2D eigenvalue weighted by Gasteiger charge is -2.05. The highest BCUT2D eigenvalue weighted by Gasteiger charge is 2.21. The van der Waals surface area contributed by atoms with E-state index in [4.69, 9.17) is 9.47 Å². The summed E-state index contributed by atoms with van der Waals surface area (Å²) < 4.78 is 10.9. The first kappa shape index (κ1) is 8.84. The summed E-state index contributed by atoms with van der Waals surface area (Å²) in [5.74, 6) is 1.61. The molecule has 1 aromatic rings. The predicted molar refractivity (Wildman–Crippen MR) is 50.8 cm³/mol. The summed E-state index contributed by atoms with van der Waals surface area (Å²) in [5, 5.41) is 9.31. The fraction of sp³-hybridized carbons (Fsp3) is 0.556. The van der Waals surface area contributed by atoms with Crippen LogP contribution in [0.5, 0.6) is 11.5 Å². The number of ether oxygens (including phenoxy) is 2. The molecule has 2 rings (SSSR count). The van der Waals surface area contributed by atoms with Crippen LogP contribution in [0.4, 0.5) is 0 Å². The van der Waals surface area contributed by atoms with Crippen LogP contribution in [0.1, 0.15) is 9.75 Å². The molecule has 13 heavy (non-hydrogen) atoms. The number of aliphatic hydroxyl groups excluding tert-OH is 1. The van der Waals surface area contributed by atoms with Gasteiger partial charge in [0.25, 0.3) is 0 Å². The van der Waals surface area contributed by atoms with Crippen molar-refractivity contribution in [3.05, 3.63) is 9.75 Å². The van der Waals surface area contributed by atoms with Gasteiger partial charge in [-0.15, -0.1) is 11.3 Å². The van der Waals surface area contributed by atoms with Crippen molar-refractivity contribution in [1.29, 1.82) is 0 Å². The number of hydrogen-bond acceptors (Lipinski definition) is 4. The Bertz CT molecular complexity index is 290. The molecular weight excluding hydrogens is 188 g/mol. The third-order valence-corrected chi connectivity index (χ3v) is 2.98. The number of rotatable bonds is 0. The smallest absolute Gasteiger partial charge is 0.175 e. The van der Waals surface area contributed by atoms with Crippen LogP contribution in [-0.4, -0.2) is 24.4 Å². The lowest BCUT2D eigenvalue weighted by Crippen LogP contribution is -2.22. The van der Waals surface area contributed by atoms with E-state index < -0.39 is 6.10 Å². The number of fused-ring (bicyclic) bond motifs is 1. The zero-order chi connectivity index (χ0) is 9.42. The maximum atomic E-state index is 9.31. The van der Waals surface area contributed by atoms with E-state index in [9.17, 15) is 5.11 Å². The van der Waals surface area contributed by atoms with E-state index in [0.29, 0.717) is 13.2 Å². The predicted octanol–water partition coefficient (Wildman–Crippen LogP) is 1.50. The minimum absolute atomic E-state index is 0.323. The standard InChI is InChI=1S/C9H12O3S/c1-5-8-9(6(2)13-5)12-4-7(10)3-11-8/h7,10H,3-4H2,1-2H3. The zero-order valence-corrected chi connectivity index (χ0v) is 8.48. The topological polar surface area (TPSA) is 38.7 Å². The van der Waals surface area contributed by atoms with Gasteiger partial charge in [0.2, 0.25) is 0 Å². The van der Waals surface area contributed by atoms with Crippen molar-refractivity contribution in [1.82, 2.24) is 0 Å². The van der Waals surface area contributed by atoms with Gasteiger partial charge in [0, 0.05) is 9.75 Å². The van der Waals surface area contributed by atoms with Crippen molar-refractivity contribution >= 4 is 11.3 Å².